The van der Waals surface area contributed by atoms with Gasteiger partial charge in [-0.1, -0.05) is 36.4 Å². The molecule has 0 saturated heterocycles. The first-order chi connectivity index (χ1) is 17.6. The highest BCUT2D eigenvalue weighted by Gasteiger charge is 2.26. The highest BCUT2D eigenvalue weighted by atomic mass is 32.2. The van der Waals surface area contributed by atoms with Gasteiger partial charge in [-0.2, -0.15) is 8.42 Å². The number of amides is 1. The number of hydrogen-bond acceptors (Lipinski definition) is 8. The van der Waals surface area contributed by atoms with Gasteiger partial charge in [0, 0.05) is 28.9 Å². The molecule has 0 fully saturated rings. The molecule has 0 aromatic heterocycles. The lowest BCUT2D eigenvalue weighted by Gasteiger charge is -2.19. The van der Waals surface area contributed by atoms with Crippen molar-refractivity contribution in [2.45, 2.75) is 19.4 Å². The molecule has 37 heavy (non-hydrogen) atoms. The summed E-state index contributed by atoms with van der Waals surface area (Å²) in [6.45, 7) is 1.78. The second-order valence-corrected chi connectivity index (χ2v) is 9.31. The molecule has 0 spiro atoms. The summed E-state index contributed by atoms with van der Waals surface area (Å²) in [5.74, 6) is -1.03. The quantitative estimate of drug-likeness (QED) is 0.230. The Kier molecular flexibility index (Phi) is 8.69. The van der Waals surface area contributed by atoms with E-state index >= 15 is 0 Å². The predicted octanol–water partition coefficient (Wildman–Crippen LogP) is 3.60. The van der Waals surface area contributed by atoms with Gasteiger partial charge >= 0.3 is 16.0 Å². The maximum Gasteiger partial charge on any atom is 0.308 e. The van der Waals surface area contributed by atoms with Gasteiger partial charge in [0.05, 0.1) is 24.0 Å². The molecule has 11 nitrogen and oxygen atoms in total. The zero-order chi connectivity index (χ0) is 27.0. The molecule has 0 bridgehead atoms. The van der Waals surface area contributed by atoms with Gasteiger partial charge in [0.25, 0.3) is 16.7 Å². The van der Waals surface area contributed by atoms with Crippen LogP contribution in [0.1, 0.15) is 45.7 Å². The van der Waals surface area contributed by atoms with Crippen molar-refractivity contribution in [2.24, 2.45) is 0 Å². The number of hydrogen-bond donors (Lipinski definition) is 2. The topological polar surface area (TPSA) is 162 Å². The van der Waals surface area contributed by atoms with E-state index in [0.29, 0.717) is 11.1 Å². The van der Waals surface area contributed by atoms with Gasteiger partial charge in [-0.15, -0.1) is 0 Å². The van der Waals surface area contributed by atoms with E-state index in [2.05, 4.69) is 10.0 Å². The summed E-state index contributed by atoms with van der Waals surface area (Å²) in [6.07, 6.45) is -0.227. The van der Waals surface area contributed by atoms with Crippen molar-refractivity contribution in [1.82, 2.24) is 5.32 Å². The summed E-state index contributed by atoms with van der Waals surface area (Å²) >= 11 is 0. The fraction of sp³-hybridized carbons (Fsp3) is 0.160. The number of nitro groups is 1. The molecule has 1 amide bonds. The number of carbonyl (C=O) groups excluding carboxylic acids is 3. The van der Waals surface area contributed by atoms with Gasteiger partial charge in [-0.3, -0.25) is 29.2 Å². The van der Waals surface area contributed by atoms with Crippen LogP contribution in [0.25, 0.3) is 0 Å². The molecular weight excluding hydrogens is 502 g/mol. The van der Waals surface area contributed by atoms with E-state index < -0.39 is 43.7 Å². The molecule has 192 valence electrons. The summed E-state index contributed by atoms with van der Waals surface area (Å²) in [7, 11) is -4.64. The number of rotatable bonds is 10. The standard InChI is InChI=1S/C25H23N3O8S/c1-2-36-23(29)16-22(26-24(30)17-8-4-3-5-9-17)18-10-6-12-20(14-18)27-37(34,35)25(31)19-11-7-13-21(15-19)28(32)33/h3-15,22,27H,2,16H2,1H3,(H,26,30). The number of nitro benzene ring substituents is 1. The summed E-state index contributed by atoms with van der Waals surface area (Å²) in [6, 6.07) is 17.6. The number of sulfonamides is 1. The lowest BCUT2D eigenvalue weighted by atomic mass is 10.0. The number of nitrogens with one attached hydrogen (secondary N) is 2. The Labute approximate surface area is 212 Å². The van der Waals surface area contributed by atoms with Crippen LogP contribution in [-0.2, 0) is 19.6 Å². The minimum absolute atomic E-state index is 0.0147. The Morgan fingerprint density at radius 3 is 2.30 bits per heavy atom. The van der Waals surface area contributed by atoms with E-state index in [4.69, 9.17) is 4.74 Å². The van der Waals surface area contributed by atoms with Gasteiger partial charge in [0.1, 0.15) is 0 Å². The van der Waals surface area contributed by atoms with Crippen molar-refractivity contribution < 1.29 is 32.5 Å². The Balaban J connectivity index is 1.86. The molecule has 1 atom stereocenters. The second kappa shape index (κ2) is 11.9. The van der Waals surface area contributed by atoms with Gasteiger partial charge in [0.2, 0.25) is 0 Å². The third kappa shape index (κ3) is 7.21. The van der Waals surface area contributed by atoms with E-state index in [1.54, 1.807) is 43.3 Å². The molecule has 3 aromatic carbocycles. The van der Waals surface area contributed by atoms with Crippen LogP contribution in [-0.4, -0.2) is 36.9 Å². The average Bonchev–Trinajstić information content (AvgIpc) is 2.88. The molecule has 0 aliphatic carbocycles. The number of esters is 1. The molecule has 3 aromatic rings. The number of non-ortho nitro benzene ring substituents is 1. The van der Waals surface area contributed by atoms with Crippen LogP contribution < -0.4 is 10.0 Å². The molecule has 12 heteroatoms. The normalized spacial score (nSPS) is 11.7. The van der Waals surface area contributed by atoms with Crippen LogP contribution in [0.5, 0.6) is 0 Å². The Morgan fingerprint density at radius 1 is 0.946 bits per heavy atom. The predicted molar refractivity (Wildman–Crippen MR) is 134 cm³/mol. The molecule has 0 radical (unpaired) electrons. The van der Waals surface area contributed by atoms with Crippen LogP contribution >= 0.6 is 0 Å². The summed E-state index contributed by atoms with van der Waals surface area (Å²) < 4.78 is 32.6. The second-order valence-electron chi connectivity index (χ2n) is 7.73. The number of benzene rings is 3. The van der Waals surface area contributed by atoms with E-state index in [9.17, 15) is 32.9 Å². The lowest BCUT2D eigenvalue weighted by molar-refractivity contribution is -0.384. The van der Waals surface area contributed by atoms with Crippen molar-refractivity contribution in [3.63, 3.8) is 0 Å². The minimum Gasteiger partial charge on any atom is -0.466 e. The molecule has 3 rings (SSSR count). The summed E-state index contributed by atoms with van der Waals surface area (Å²) in [5.41, 5.74) is -0.0950. The highest BCUT2D eigenvalue weighted by molar-refractivity contribution is 8.07. The zero-order valence-corrected chi connectivity index (χ0v) is 20.4. The van der Waals surface area contributed by atoms with Crippen molar-refractivity contribution in [3.8, 4) is 0 Å². The smallest absolute Gasteiger partial charge is 0.308 e. The molecular formula is C25H23N3O8S. The van der Waals surface area contributed by atoms with E-state index in [1.807, 2.05) is 0 Å². The van der Waals surface area contributed by atoms with Crippen LogP contribution in [0.3, 0.4) is 0 Å². The Morgan fingerprint density at radius 2 is 1.62 bits per heavy atom. The Bertz CT molecular complexity index is 1420. The number of anilines is 1. The largest absolute Gasteiger partial charge is 0.466 e. The average molecular weight is 526 g/mol. The zero-order valence-electron chi connectivity index (χ0n) is 19.6. The van der Waals surface area contributed by atoms with Crippen molar-refractivity contribution >= 4 is 38.4 Å². The lowest BCUT2D eigenvalue weighted by Crippen LogP contribution is -2.31. The fourth-order valence-electron chi connectivity index (χ4n) is 3.39. The Hall–Kier alpha value is -4.58. The van der Waals surface area contributed by atoms with E-state index in [-0.39, 0.29) is 24.3 Å². The molecule has 0 aliphatic heterocycles. The highest BCUT2D eigenvalue weighted by Crippen LogP contribution is 2.24. The number of nitrogens with zero attached hydrogens (tertiary/aromatic N) is 1. The third-order valence-corrected chi connectivity index (χ3v) is 6.32. The fourth-order valence-corrected chi connectivity index (χ4v) is 4.36. The van der Waals surface area contributed by atoms with Crippen molar-refractivity contribution in [3.05, 3.63) is 106 Å². The summed E-state index contributed by atoms with van der Waals surface area (Å²) in [4.78, 5) is 47.8. The van der Waals surface area contributed by atoms with Crippen LogP contribution in [0.4, 0.5) is 11.4 Å². The first kappa shape index (κ1) is 27.0. The van der Waals surface area contributed by atoms with Crippen LogP contribution in [0, 0.1) is 10.1 Å². The number of carbonyl (C=O) groups is 3. The van der Waals surface area contributed by atoms with Gasteiger partial charge < -0.3 is 10.1 Å². The monoisotopic (exact) mass is 525 g/mol. The maximum absolute atomic E-state index is 12.7. The van der Waals surface area contributed by atoms with Gasteiger partial charge in [-0.05, 0) is 42.8 Å². The molecule has 2 N–H and O–H groups in total. The molecule has 0 heterocycles. The van der Waals surface area contributed by atoms with Crippen molar-refractivity contribution in [1.29, 1.82) is 0 Å². The maximum atomic E-state index is 12.7. The minimum atomic E-state index is -4.64. The molecule has 0 saturated carbocycles. The van der Waals surface area contributed by atoms with Gasteiger partial charge in [0.15, 0.2) is 0 Å². The summed E-state index contributed by atoms with van der Waals surface area (Å²) in [5, 5.41) is 12.4. The van der Waals surface area contributed by atoms with Crippen LogP contribution in [0.15, 0.2) is 78.9 Å². The van der Waals surface area contributed by atoms with Crippen LogP contribution in [0.2, 0.25) is 0 Å². The number of ether oxygens (including phenoxy) is 1. The van der Waals surface area contributed by atoms with E-state index in [0.717, 1.165) is 18.2 Å². The first-order valence-corrected chi connectivity index (χ1v) is 12.5. The van der Waals surface area contributed by atoms with Crippen molar-refractivity contribution in [2.75, 3.05) is 11.3 Å². The van der Waals surface area contributed by atoms with E-state index in [1.165, 1.54) is 24.3 Å². The molecule has 1 unspecified atom stereocenters. The SMILES string of the molecule is CCOC(=O)CC(NC(=O)c1ccccc1)c1cccc(NS(=O)(=O)C(=O)c2cccc([N+](=O)[O-])c2)c1. The van der Waals surface area contributed by atoms with Gasteiger partial charge in [-0.25, -0.2) is 0 Å². The third-order valence-electron chi connectivity index (χ3n) is 5.10. The first-order valence-electron chi connectivity index (χ1n) is 11.0. The molecule has 0 aliphatic rings.